The molecule has 5 nitrogen and oxygen atoms in total. The van der Waals surface area contributed by atoms with Crippen LogP contribution in [0.3, 0.4) is 0 Å². The molecule has 1 atom stereocenters. The smallest absolute Gasteiger partial charge is 0.220 e. The maximum Gasteiger partial charge on any atom is 0.220 e. The lowest BCUT2D eigenvalue weighted by atomic mass is 9.88. The summed E-state index contributed by atoms with van der Waals surface area (Å²) in [5.74, 6) is 1.36. The molecule has 0 unspecified atom stereocenters. The SMILES string of the molecule is Cc1ccc(Cn2cc([C@@H](CC(=O)NCCc3ccccn3)c3cccc(Oc4ccccc4)c3)c3ccccc32)cc1. The molecule has 0 aliphatic carbocycles. The fourth-order valence-corrected chi connectivity index (χ4v) is 5.53. The number of ether oxygens (including phenoxy) is 1. The summed E-state index contributed by atoms with van der Waals surface area (Å²) in [6.07, 6.45) is 5.01. The first-order valence-electron chi connectivity index (χ1n) is 14.8. The highest BCUT2D eigenvalue weighted by molar-refractivity contribution is 5.87. The molecule has 0 spiro atoms. The Morgan fingerprint density at radius 2 is 1.60 bits per heavy atom. The number of aromatic nitrogens is 2. The third-order valence-electron chi connectivity index (χ3n) is 7.73. The Morgan fingerprint density at radius 1 is 0.837 bits per heavy atom. The van der Waals surface area contributed by atoms with E-state index in [4.69, 9.17) is 4.74 Å². The summed E-state index contributed by atoms with van der Waals surface area (Å²) >= 11 is 0. The van der Waals surface area contributed by atoms with Gasteiger partial charge in [0.15, 0.2) is 0 Å². The van der Waals surface area contributed by atoms with E-state index in [1.165, 1.54) is 11.1 Å². The summed E-state index contributed by atoms with van der Waals surface area (Å²) in [5.41, 5.74) is 6.75. The van der Waals surface area contributed by atoms with Gasteiger partial charge in [-0.15, -0.1) is 0 Å². The minimum absolute atomic E-state index is 0.00526. The van der Waals surface area contributed by atoms with Crippen LogP contribution in [-0.2, 0) is 17.8 Å². The molecule has 214 valence electrons. The van der Waals surface area contributed by atoms with E-state index >= 15 is 0 Å². The van der Waals surface area contributed by atoms with Crippen LogP contribution in [-0.4, -0.2) is 22.0 Å². The van der Waals surface area contributed by atoms with Gasteiger partial charge >= 0.3 is 0 Å². The second-order valence-electron chi connectivity index (χ2n) is 10.9. The lowest BCUT2D eigenvalue weighted by Gasteiger charge is -2.18. The minimum Gasteiger partial charge on any atom is -0.457 e. The fraction of sp³-hybridized carbons (Fsp3) is 0.158. The molecule has 0 fully saturated rings. The molecule has 6 aromatic rings. The van der Waals surface area contributed by atoms with E-state index in [1.54, 1.807) is 6.20 Å². The zero-order valence-corrected chi connectivity index (χ0v) is 24.3. The Balaban J connectivity index is 1.33. The van der Waals surface area contributed by atoms with Gasteiger partial charge in [0, 0.05) is 60.8 Å². The van der Waals surface area contributed by atoms with Gasteiger partial charge in [-0.05, 0) is 66.1 Å². The molecule has 0 saturated carbocycles. The maximum absolute atomic E-state index is 13.5. The van der Waals surface area contributed by atoms with Gasteiger partial charge in [-0.25, -0.2) is 0 Å². The van der Waals surface area contributed by atoms with Crippen molar-refractivity contribution >= 4 is 16.8 Å². The monoisotopic (exact) mass is 565 g/mol. The molecule has 0 saturated heterocycles. The number of para-hydroxylation sites is 2. The Bertz CT molecular complexity index is 1790. The van der Waals surface area contributed by atoms with Gasteiger partial charge in [-0.1, -0.05) is 84.4 Å². The van der Waals surface area contributed by atoms with Gasteiger partial charge in [0.05, 0.1) is 0 Å². The number of aryl methyl sites for hydroxylation is 1. The predicted octanol–water partition coefficient (Wildman–Crippen LogP) is 8.07. The number of benzene rings is 4. The van der Waals surface area contributed by atoms with Crippen LogP contribution in [0.15, 0.2) is 134 Å². The summed E-state index contributed by atoms with van der Waals surface area (Å²) in [5, 5.41) is 4.29. The Kier molecular flexibility index (Phi) is 8.60. The van der Waals surface area contributed by atoms with Crippen LogP contribution in [0, 0.1) is 6.92 Å². The molecule has 1 N–H and O–H groups in total. The van der Waals surface area contributed by atoms with Crippen molar-refractivity contribution in [3.05, 3.63) is 162 Å². The number of carbonyl (C=O) groups is 1. The molecular formula is C38H35N3O2. The first kappa shape index (κ1) is 28.0. The second kappa shape index (κ2) is 13.2. The Labute approximate surface area is 252 Å². The van der Waals surface area contributed by atoms with E-state index in [0.29, 0.717) is 19.4 Å². The van der Waals surface area contributed by atoms with Crippen molar-refractivity contribution in [3.63, 3.8) is 0 Å². The number of rotatable bonds is 11. The molecule has 2 heterocycles. The molecule has 0 bridgehead atoms. The highest BCUT2D eigenvalue weighted by Gasteiger charge is 2.23. The van der Waals surface area contributed by atoms with Crippen molar-refractivity contribution in [2.24, 2.45) is 0 Å². The summed E-state index contributed by atoms with van der Waals surface area (Å²) in [7, 11) is 0. The van der Waals surface area contributed by atoms with Gasteiger partial charge in [-0.3, -0.25) is 9.78 Å². The van der Waals surface area contributed by atoms with Crippen molar-refractivity contribution < 1.29 is 9.53 Å². The Hall–Kier alpha value is -5.16. The highest BCUT2D eigenvalue weighted by Crippen LogP contribution is 2.37. The highest BCUT2D eigenvalue weighted by atomic mass is 16.5. The lowest BCUT2D eigenvalue weighted by Crippen LogP contribution is -2.27. The molecule has 43 heavy (non-hydrogen) atoms. The number of nitrogens with one attached hydrogen (secondary N) is 1. The summed E-state index contributed by atoms with van der Waals surface area (Å²) in [4.78, 5) is 17.8. The summed E-state index contributed by atoms with van der Waals surface area (Å²) < 4.78 is 8.49. The van der Waals surface area contributed by atoms with Gasteiger partial charge in [0.2, 0.25) is 5.91 Å². The van der Waals surface area contributed by atoms with Crippen LogP contribution >= 0.6 is 0 Å². The summed E-state index contributed by atoms with van der Waals surface area (Å²) in [6, 6.07) is 40.9. The van der Waals surface area contributed by atoms with E-state index in [0.717, 1.165) is 45.8 Å². The van der Waals surface area contributed by atoms with Gasteiger partial charge in [-0.2, -0.15) is 0 Å². The molecule has 4 aromatic carbocycles. The van der Waals surface area contributed by atoms with E-state index in [2.05, 4.69) is 88.7 Å². The van der Waals surface area contributed by atoms with E-state index < -0.39 is 0 Å². The number of hydrogen-bond donors (Lipinski definition) is 1. The van der Waals surface area contributed by atoms with Gasteiger partial charge in [0.1, 0.15) is 11.5 Å². The standard InChI is InChI=1S/C38H35N3O2/c1-28-17-19-29(20-18-28)26-41-27-36(34-15-5-6-16-37(34)41)35(25-38(42)40-23-21-31-11-7-8-22-39-31)30-10-9-14-33(24-30)43-32-12-3-2-4-13-32/h2-20,22,24,27,35H,21,23,25-26H2,1H3,(H,40,42)/t35-/m0/s1. The van der Waals surface area contributed by atoms with Crippen LogP contribution in [0.5, 0.6) is 11.5 Å². The van der Waals surface area contributed by atoms with Crippen molar-refractivity contribution in [2.45, 2.75) is 32.2 Å². The molecule has 0 aliphatic rings. The van der Waals surface area contributed by atoms with Crippen molar-refractivity contribution in [2.75, 3.05) is 6.54 Å². The topological polar surface area (TPSA) is 56.2 Å². The molecular weight excluding hydrogens is 530 g/mol. The number of pyridine rings is 1. The van der Waals surface area contributed by atoms with Crippen LogP contribution in [0.1, 0.15) is 40.3 Å². The number of nitrogens with zero attached hydrogens (tertiary/aromatic N) is 2. The van der Waals surface area contributed by atoms with Crippen LogP contribution in [0.25, 0.3) is 10.9 Å². The summed E-state index contributed by atoms with van der Waals surface area (Å²) in [6.45, 7) is 3.39. The number of fused-ring (bicyclic) bond motifs is 1. The van der Waals surface area contributed by atoms with Crippen LogP contribution in [0.4, 0.5) is 0 Å². The maximum atomic E-state index is 13.5. The molecule has 6 rings (SSSR count). The average Bonchev–Trinajstić information content (AvgIpc) is 3.40. The molecule has 2 aromatic heterocycles. The quantitative estimate of drug-likeness (QED) is 0.173. The first-order chi connectivity index (χ1) is 21.1. The third-order valence-corrected chi connectivity index (χ3v) is 7.73. The fourth-order valence-electron chi connectivity index (χ4n) is 5.53. The number of hydrogen-bond acceptors (Lipinski definition) is 3. The van der Waals surface area contributed by atoms with Crippen molar-refractivity contribution in [1.82, 2.24) is 14.9 Å². The predicted molar refractivity (Wildman–Crippen MR) is 173 cm³/mol. The average molecular weight is 566 g/mol. The van der Waals surface area contributed by atoms with Crippen LogP contribution < -0.4 is 10.1 Å². The number of carbonyl (C=O) groups excluding carboxylic acids is 1. The zero-order valence-electron chi connectivity index (χ0n) is 24.3. The molecule has 1 amide bonds. The van der Waals surface area contributed by atoms with Gasteiger partial charge in [0.25, 0.3) is 0 Å². The number of amides is 1. The third kappa shape index (κ3) is 7.02. The molecule has 5 heteroatoms. The Morgan fingerprint density at radius 3 is 2.42 bits per heavy atom. The first-order valence-corrected chi connectivity index (χ1v) is 14.8. The lowest BCUT2D eigenvalue weighted by molar-refractivity contribution is -0.121. The van der Waals surface area contributed by atoms with Crippen LogP contribution in [0.2, 0.25) is 0 Å². The minimum atomic E-state index is -0.168. The largest absolute Gasteiger partial charge is 0.457 e. The molecule has 0 aliphatic heterocycles. The van der Waals surface area contributed by atoms with Crippen molar-refractivity contribution in [3.8, 4) is 11.5 Å². The van der Waals surface area contributed by atoms with E-state index in [-0.39, 0.29) is 11.8 Å². The zero-order chi connectivity index (χ0) is 29.4. The molecule has 0 radical (unpaired) electrons. The normalized spacial score (nSPS) is 11.7. The van der Waals surface area contributed by atoms with Crippen molar-refractivity contribution in [1.29, 1.82) is 0 Å². The van der Waals surface area contributed by atoms with E-state index in [9.17, 15) is 4.79 Å². The second-order valence-corrected chi connectivity index (χ2v) is 10.9. The van der Waals surface area contributed by atoms with Gasteiger partial charge < -0.3 is 14.6 Å². The van der Waals surface area contributed by atoms with E-state index in [1.807, 2.05) is 60.7 Å².